The first-order chi connectivity index (χ1) is 12.1. The van der Waals surface area contributed by atoms with Gasteiger partial charge >= 0.3 is 0 Å². The molecule has 0 bridgehead atoms. The number of amides is 1. The highest BCUT2D eigenvalue weighted by atomic mass is 19.1. The van der Waals surface area contributed by atoms with Crippen molar-refractivity contribution in [1.29, 1.82) is 5.26 Å². The van der Waals surface area contributed by atoms with Crippen LogP contribution in [0.15, 0.2) is 42.5 Å². The van der Waals surface area contributed by atoms with Crippen LogP contribution < -0.4 is 5.32 Å². The Morgan fingerprint density at radius 2 is 1.96 bits per heavy atom. The molecular formula is C20H19FN2O2. The summed E-state index contributed by atoms with van der Waals surface area (Å²) in [6.45, 7) is -0.290. The standard InChI is InChI=1S/C20H19FN2O2/c21-18-6-5-16(10-17(18)9-13(11-22)12-24)14-1-3-15(4-2-14)19-7-8-20(25)23-19/h1-6,10,13,19,24H,7-9,12H2,(H,23,25). The van der Waals surface area contributed by atoms with Crippen LogP contribution in [-0.4, -0.2) is 17.6 Å². The van der Waals surface area contributed by atoms with E-state index in [1.54, 1.807) is 12.1 Å². The molecule has 2 aromatic carbocycles. The number of rotatable bonds is 5. The fraction of sp³-hybridized carbons (Fsp3) is 0.300. The van der Waals surface area contributed by atoms with E-state index in [4.69, 9.17) is 10.4 Å². The van der Waals surface area contributed by atoms with E-state index in [9.17, 15) is 9.18 Å². The molecule has 0 radical (unpaired) electrons. The highest BCUT2D eigenvalue weighted by Gasteiger charge is 2.22. The highest BCUT2D eigenvalue weighted by Crippen LogP contribution is 2.28. The molecule has 5 heteroatoms. The van der Waals surface area contributed by atoms with E-state index in [2.05, 4.69) is 5.32 Å². The van der Waals surface area contributed by atoms with E-state index in [-0.39, 0.29) is 30.8 Å². The molecule has 0 aliphatic carbocycles. The van der Waals surface area contributed by atoms with Gasteiger partial charge in [0.25, 0.3) is 0 Å². The molecule has 4 nitrogen and oxygen atoms in total. The van der Waals surface area contributed by atoms with Crippen molar-refractivity contribution in [3.63, 3.8) is 0 Å². The van der Waals surface area contributed by atoms with E-state index in [0.717, 1.165) is 23.1 Å². The number of nitrogens with zero attached hydrogens (tertiary/aromatic N) is 1. The van der Waals surface area contributed by atoms with Crippen LogP contribution in [0.4, 0.5) is 4.39 Å². The quantitative estimate of drug-likeness (QED) is 0.880. The number of nitriles is 1. The monoisotopic (exact) mass is 338 g/mol. The Balaban J connectivity index is 1.82. The molecule has 1 saturated heterocycles. The molecule has 0 saturated carbocycles. The number of hydrogen-bond acceptors (Lipinski definition) is 3. The van der Waals surface area contributed by atoms with E-state index in [1.807, 2.05) is 30.3 Å². The lowest BCUT2D eigenvalue weighted by Gasteiger charge is -2.12. The first kappa shape index (κ1) is 17.1. The topological polar surface area (TPSA) is 73.1 Å². The average Bonchev–Trinajstić information content (AvgIpc) is 3.07. The van der Waals surface area contributed by atoms with Crippen LogP contribution in [0.3, 0.4) is 0 Å². The van der Waals surface area contributed by atoms with Crippen molar-refractivity contribution in [3.05, 3.63) is 59.4 Å². The van der Waals surface area contributed by atoms with Gasteiger partial charge in [0.2, 0.25) is 5.91 Å². The summed E-state index contributed by atoms with van der Waals surface area (Å²) in [5, 5.41) is 21.0. The molecule has 2 atom stereocenters. The largest absolute Gasteiger partial charge is 0.395 e. The minimum Gasteiger partial charge on any atom is -0.395 e. The molecule has 25 heavy (non-hydrogen) atoms. The predicted molar refractivity (Wildman–Crippen MR) is 91.8 cm³/mol. The molecule has 0 aromatic heterocycles. The number of nitrogens with one attached hydrogen (secondary N) is 1. The summed E-state index contributed by atoms with van der Waals surface area (Å²) in [5.41, 5.74) is 3.27. The summed E-state index contributed by atoms with van der Waals surface area (Å²) in [6, 6.07) is 14.7. The van der Waals surface area contributed by atoms with Crippen LogP contribution in [0.2, 0.25) is 0 Å². The average molecular weight is 338 g/mol. The third kappa shape index (κ3) is 3.86. The molecular weight excluding hydrogens is 319 g/mol. The van der Waals surface area contributed by atoms with Gasteiger partial charge < -0.3 is 10.4 Å². The highest BCUT2D eigenvalue weighted by molar-refractivity contribution is 5.78. The Hall–Kier alpha value is -2.71. The number of benzene rings is 2. The van der Waals surface area contributed by atoms with Gasteiger partial charge in [-0.3, -0.25) is 4.79 Å². The summed E-state index contributed by atoms with van der Waals surface area (Å²) in [5.74, 6) is -0.908. The van der Waals surface area contributed by atoms with Crippen molar-refractivity contribution < 1.29 is 14.3 Å². The normalized spacial score (nSPS) is 17.8. The fourth-order valence-electron chi connectivity index (χ4n) is 3.10. The van der Waals surface area contributed by atoms with Gasteiger partial charge in [-0.15, -0.1) is 0 Å². The van der Waals surface area contributed by atoms with Crippen LogP contribution in [0.5, 0.6) is 0 Å². The summed E-state index contributed by atoms with van der Waals surface area (Å²) in [4.78, 5) is 11.3. The van der Waals surface area contributed by atoms with Crippen LogP contribution >= 0.6 is 0 Å². The van der Waals surface area contributed by atoms with Crippen LogP contribution in [0.25, 0.3) is 11.1 Å². The van der Waals surface area contributed by atoms with E-state index in [1.165, 1.54) is 6.07 Å². The summed E-state index contributed by atoms with van der Waals surface area (Å²) in [7, 11) is 0. The molecule has 3 rings (SSSR count). The molecule has 2 aromatic rings. The van der Waals surface area contributed by atoms with Gasteiger partial charge in [0.1, 0.15) is 5.82 Å². The maximum absolute atomic E-state index is 14.0. The fourth-order valence-corrected chi connectivity index (χ4v) is 3.10. The maximum atomic E-state index is 14.0. The van der Waals surface area contributed by atoms with Crippen LogP contribution in [-0.2, 0) is 11.2 Å². The Bertz CT molecular complexity index is 811. The number of halogens is 1. The molecule has 1 aliphatic rings. The number of aliphatic hydroxyl groups excluding tert-OH is 1. The SMILES string of the molecule is N#CC(CO)Cc1cc(-c2ccc(C3CCC(=O)N3)cc2)ccc1F. The van der Waals surface area contributed by atoms with Gasteiger partial charge in [-0.05, 0) is 47.2 Å². The van der Waals surface area contributed by atoms with Crippen molar-refractivity contribution in [3.8, 4) is 17.2 Å². The summed E-state index contributed by atoms with van der Waals surface area (Å²) < 4.78 is 14.0. The third-order valence-corrected chi connectivity index (χ3v) is 4.56. The van der Waals surface area contributed by atoms with Crippen molar-refractivity contribution in [2.75, 3.05) is 6.61 Å². The summed E-state index contributed by atoms with van der Waals surface area (Å²) in [6.07, 6.45) is 1.53. The molecule has 1 aliphatic heterocycles. The lowest BCUT2D eigenvalue weighted by atomic mass is 9.95. The molecule has 2 unspecified atom stereocenters. The zero-order valence-corrected chi connectivity index (χ0v) is 13.7. The Morgan fingerprint density at radius 3 is 2.56 bits per heavy atom. The minimum absolute atomic E-state index is 0.0614. The Labute approximate surface area is 145 Å². The van der Waals surface area contributed by atoms with Gasteiger partial charge in [0, 0.05) is 6.42 Å². The first-order valence-electron chi connectivity index (χ1n) is 8.29. The van der Waals surface area contributed by atoms with E-state index < -0.39 is 5.92 Å². The van der Waals surface area contributed by atoms with Gasteiger partial charge in [-0.25, -0.2) is 4.39 Å². The number of carbonyl (C=O) groups excluding carboxylic acids is 1. The van der Waals surface area contributed by atoms with Crippen molar-refractivity contribution in [2.24, 2.45) is 5.92 Å². The molecule has 1 fully saturated rings. The van der Waals surface area contributed by atoms with Crippen LogP contribution in [0, 0.1) is 23.1 Å². The Kier molecular flexibility index (Phi) is 5.11. The molecule has 2 N–H and O–H groups in total. The minimum atomic E-state index is -0.613. The van der Waals surface area contributed by atoms with Gasteiger partial charge in [0.05, 0.1) is 24.6 Å². The third-order valence-electron chi connectivity index (χ3n) is 4.56. The predicted octanol–water partition coefficient (Wildman–Crippen LogP) is 3.12. The summed E-state index contributed by atoms with van der Waals surface area (Å²) >= 11 is 0. The van der Waals surface area contributed by atoms with Gasteiger partial charge in [0.15, 0.2) is 0 Å². The van der Waals surface area contributed by atoms with Crippen molar-refractivity contribution in [1.82, 2.24) is 5.32 Å². The first-order valence-corrected chi connectivity index (χ1v) is 8.29. The molecule has 0 spiro atoms. The number of carbonyl (C=O) groups is 1. The second kappa shape index (κ2) is 7.45. The Morgan fingerprint density at radius 1 is 1.24 bits per heavy atom. The number of aliphatic hydroxyl groups is 1. The van der Waals surface area contributed by atoms with E-state index >= 15 is 0 Å². The van der Waals surface area contributed by atoms with Gasteiger partial charge in [-0.2, -0.15) is 5.26 Å². The molecule has 128 valence electrons. The van der Waals surface area contributed by atoms with Gasteiger partial charge in [-0.1, -0.05) is 30.3 Å². The van der Waals surface area contributed by atoms with Crippen LogP contribution in [0.1, 0.15) is 30.0 Å². The lowest BCUT2D eigenvalue weighted by molar-refractivity contribution is -0.119. The maximum Gasteiger partial charge on any atom is 0.220 e. The lowest BCUT2D eigenvalue weighted by Crippen LogP contribution is -2.18. The number of hydrogen-bond donors (Lipinski definition) is 2. The van der Waals surface area contributed by atoms with E-state index in [0.29, 0.717) is 12.0 Å². The molecule has 1 heterocycles. The van der Waals surface area contributed by atoms with Crippen molar-refractivity contribution in [2.45, 2.75) is 25.3 Å². The zero-order chi connectivity index (χ0) is 17.8. The zero-order valence-electron chi connectivity index (χ0n) is 13.7. The second-order valence-corrected chi connectivity index (χ2v) is 6.30. The molecule has 1 amide bonds. The smallest absolute Gasteiger partial charge is 0.220 e. The van der Waals surface area contributed by atoms with Crippen molar-refractivity contribution >= 4 is 5.91 Å². The second-order valence-electron chi connectivity index (χ2n) is 6.30.